The lowest BCUT2D eigenvalue weighted by molar-refractivity contribution is -0.139. The van der Waals surface area contributed by atoms with E-state index in [4.69, 9.17) is 9.47 Å². The van der Waals surface area contributed by atoms with Crippen LogP contribution in [0.2, 0.25) is 0 Å². The fraction of sp³-hybridized carbons (Fsp3) is 0.435. The maximum atomic E-state index is 12.5. The molecule has 8 heteroatoms. The molecule has 0 spiro atoms. The Morgan fingerprint density at radius 3 is 2.90 bits per heavy atom. The molecule has 4 rings (SSSR count). The average molecular weight is 423 g/mol. The Labute approximate surface area is 180 Å². The van der Waals surface area contributed by atoms with Crippen molar-refractivity contribution >= 4 is 11.9 Å². The van der Waals surface area contributed by atoms with Gasteiger partial charge in [-0.1, -0.05) is 17.9 Å². The summed E-state index contributed by atoms with van der Waals surface area (Å²) in [4.78, 5) is 26.4. The van der Waals surface area contributed by atoms with Crippen molar-refractivity contribution in [1.82, 2.24) is 14.7 Å². The number of nitrogens with zero attached hydrogens (tertiary/aromatic N) is 3. The van der Waals surface area contributed by atoms with Crippen LogP contribution in [0.5, 0.6) is 0 Å². The van der Waals surface area contributed by atoms with Gasteiger partial charge >= 0.3 is 5.97 Å². The van der Waals surface area contributed by atoms with E-state index >= 15 is 0 Å². The Hall–Kier alpha value is -3.15. The SMILES string of the molecule is CCOC(=O)c1nn(-c2cccc(C#CC3(OC)CCN(C)C3=O)c2)c2c1C(O)CC2. The van der Waals surface area contributed by atoms with Gasteiger partial charge in [0, 0.05) is 38.2 Å². The molecule has 2 heterocycles. The Morgan fingerprint density at radius 1 is 1.42 bits per heavy atom. The standard InChI is InChI=1S/C23H25N3O5/c1-4-31-21(28)20-19-17(8-9-18(19)27)26(24-20)16-7-5-6-15(14-16)10-11-23(30-3)12-13-25(2)22(23)29/h5-7,14,18,27H,4,8-9,12-13H2,1-3H3. The van der Waals surface area contributed by atoms with Crippen LogP contribution in [0.1, 0.15) is 53.2 Å². The number of esters is 1. The first-order valence-electron chi connectivity index (χ1n) is 10.3. The molecule has 1 aliphatic heterocycles. The summed E-state index contributed by atoms with van der Waals surface area (Å²) in [7, 11) is 3.23. The number of aliphatic hydroxyl groups is 1. The molecule has 2 unspecified atom stereocenters. The van der Waals surface area contributed by atoms with Crippen LogP contribution in [0, 0.1) is 11.8 Å². The lowest BCUT2D eigenvalue weighted by Gasteiger charge is -2.18. The summed E-state index contributed by atoms with van der Waals surface area (Å²) in [5.74, 6) is 5.39. The monoisotopic (exact) mass is 423 g/mol. The summed E-state index contributed by atoms with van der Waals surface area (Å²) in [6.45, 7) is 2.56. The van der Waals surface area contributed by atoms with Gasteiger partial charge in [0.15, 0.2) is 5.69 Å². The van der Waals surface area contributed by atoms with Crippen molar-refractivity contribution in [2.75, 3.05) is 27.3 Å². The number of likely N-dealkylation sites (N-methyl/N-ethyl adjacent to an activating group) is 1. The van der Waals surface area contributed by atoms with E-state index in [9.17, 15) is 14.7 Å². The predicted octanol–water partition coefficient (Wildman–Crippen LogP) is 1.63. The highest BCUT2D eigenvalue weighted by molar-refractivity contribution is 5.91. The second kappa shape index (κ2) is 8.17. The van der Waals surface area contributed by atoms with E-state index in [-0.39, 0.29) is 18.2 Å². The van der Waals surface area contributed by atoms with Crippen LogP contribution in [0.15, 0.2) is 24.3 Å². The van der Waals surface area contributed by atoms with E-state index in [0.717, 1.165) is 5.69 Å². The van der Waals surface area contributed by atoms with Crippen LogP contribution in [-0.2, 0) is 20.7 Å². The number of rotatable bonds is 4. The van der Waals surface area contributed by atoms with Crippen molar-refractivity contribution in [3.8, 4) is 17.5 Å². The van der Waals surface area contributed by atoms with E-state index in [2.05, 4.69) is 16.9 Å². The number of amides is 1. The summed E-state index contributed by atoms with van der Waals surface area (Å²) in [6.07, 6.45) is 0.911. The van der Waals surface area contributed by atoms with Gasteiger partial charge in [0.2, 0.25) is 5.60 Å². The third-order valence-electron chi connectivity index (χ3n) is 5.82. The quantitative estimate of drug-likeness (QED) is 0.593. The highest BCUT2D eigenvalue weighted by Crippen LogP contribution is 2.35. The maximum Gasteiger partial charge on any atom is 0.359 e. The third kappa shape index (κ3) is 3.60. The zero-order valence-electron chi connectivity index (χ0n) is 17.8. The van der Waals surface area contributed by atoms with Gasteiger partial charge in [-0.25, -0.2) is 9.48 Å². The van der Waals surface area contributed by atoms with Gasteiger partial charge in [-0.2, -0.15) is 5.10 Å². The average Bonchev–Trinajstić information content (AvgIpc) is 3.42. The number of hydrogen-bond acceptors (Lipinski definition) is 6. The number of ether oxygens (including phenoxy) is 2. The molecule has 0 saturated carbocycles. The Balaban J connectivity index is 1.71. The van der Waals surface area contributed by atoms with E-state index < -0.39 is 17.7 Å². The molecule has 1 saturated heterocycles. The normalized spacial score (nSPS) is 22.3. The Morgan fingerprint density at radius 2 is 2.23 bits per heavy atom. The van der Waals surface area contributed by atoms with Gasteiger partial charge in [-0.3, -0.25) is 4.79 Å². The van der Waals surface area contributed by atoms with Crippen LogP contribution in [0.25, 0.3) is 5.69 Å². The van der Waals surface area contributed by atoms with E-state index in [0.29, 0.717) is 42.6 Å². The molecule has 162 valence electrons. The van der Waals surface area contributed by atoms with Gasteiger partial charge in [0.1, 0.15) is 0 Å². The second-order valence-corrected chi connectivity index (χ2v) is 7.70. The van der Waals surface area contributed by atoms with Gasteiger partial charge in [-0.15, -0.1) is 0 Å². The van der Waals surface area contributed by atoms with Crippen LogP contribution < -0.4 is 0 Å². The number of methoxy groups -OCH3 is 1. The number of hydrogen-bond donors (Lipinski definition) is 1. The molecule has 8 nitrogen and oxygen atoms in total. The molecule has 1 aromatic carbocycles. The molecule has 1 aromatic heterocycles. The highest BCUT2D eigenvalue weighted by Gasteiger charge is 2.44. The first kappa shape index (κ1) is 21.1. The molecule has 1 fully saturated rings. The molecule has 31 heavy (non-hydrogen) atoms. The molecule has 0 bridgehead atoms. The lowest BCUT2D eigenvalue weighted by Crippen LogP contribution is -2.39. The first-order chi connectivity index (χ1) is 14.9. The number of carbonyl (C=O) groups excluding carboxylic acids is 2. The molecule has 1 amide bonds. The molecular formula is C23H25N3O5. The molecule has 0 radical (unpaired) electrons. The van der Waals surface area contributed by atoms with Crippen LogP contribution in [-0.4, -0.2) is 64.6 Å². The zero-order valence-corrected chi connectivity index (χ0v) is 17.8. The number of likely N-dealkylation sites (tertiary alicyclic amines) is 1. The predicted molar refractivity (Wildman–Crippen MR) is 112 cm³/mol. The van der Waals surface area contributed by atoms with Crippen molar-refractivity contribution in [2.24, 2.45) is 0 Å². The first-order valence-corrected chi connectivity index (χ1v) is 10.3. The number of benzene rings is 1. The number of aliphatic hydroxyl groups excluding tert-OH is 1. The molecular weight excluding hydrogens is 398 g/mol. The molecule has 1 N–H and O–H groups in total. The molecule has 2 aliphatic rings. The summed E-state index contributed by atoms with van der Waals surface area (Å²) < 4.78 is 12.3. The summed E-state index contributed by atoms with van der Waals surface area (Å²) in [5, 5.41) is 14.8. The topological polar surface area (TPSA) is 93.9 Å². The smallest absolute Gasteiger partial charge is 0.359 e. The van der Waals surface area contributed by atoms with Crippen molar-refractivity contribution in [3.05, 3.63) is 46.8 Å². The van der Waals surface area contributed by atoms with E-state index in [1.807, 2.05) is 24.3 Å². The minimum absolute atomic E-state index is 0.142. The van der Waals surface area contributed by atoms with Crippen molar-refractivity contribution < 1.29 is 24.2 Å². The summed E-state index contributed by atoms with van der Waals surface area (Å²) >= 11 is 0. The Bertz CT molecular complexity index is 1100. The fourth-order valence-corrected chi connectivity index (χ4v) is 4.12. The van der Waals surface area contributed by atoms with Crippen LogP contribution in [0.3, 0.4) is 0 Å². The lowest BCUT2D eigenvalue weighted by atomic mass is 10.0. The maximum absolute atomic E-state index is 12.5. The van der Waals surface area contributed by atoms with Crippen molar-refractivity contribution in [2.45, 2.75) is 37.9 Å². The third-order valence-corrected chi connectivity index (χ3v) is 5.82. The number of carbonyl (C=O) groups is 2. The minimum Gasteiger partial charge on any atom is -0.461 e. The number of fused-ring (bicyclic) bond motifs is 1. The largest absolute Gasteiger partial charge is 0.461 e. The molecule has 2 aromatic rings. The van der Waals surface area contributed by atoms with Gasteiger partial charge in [0.25, 0.3) is 5.91 Å². The highest BCUT2D eigenvalue weighted by atomic mass is 16.5. The van der Waals surface area contributed by atoms with E-state index in [1.54, 1.807) is 23.6 Å². The van der Waals surface area contributed by atoms with Crippen molar-refractivity contribution in [3.63, 3.8) is 0 Å². The molecule has 2 atom stereocenters. The van der Waals surface area contributed by atoms with E-state index in [1.165, 1.54) is 7.11 Å². The molecule has 1 aliphatic carbocycles. The number of aromatic nitrogens is 2. The van der Waals surface area contributed by atoms with Gasteiger partial charge < -0.3 is 19.5 Å². The van der Waals surface area contributed by atoms with Gasteiger partial charge in [-0.05, 0) is 38.0 Å². The zero-order chi connectivity index (χ0) is 22.2. The van der Waals surface area contributed by atoms with Crippen LogP contribution in [0.4, 0.5) is 0 Å². The van der Waals surface area contributed by atoms with Gasteiger partial charge in [0.05, 0.1) is 24.1 Å². The summed E-state index contributed by atoms with van der Waals surface area (Å²) in [5.41, 5.74) is 1.76. The van der Waals surface area contributed by atoms with Crippen LogP contribution >= 0.6 is 0 Å². The fourth-order valence-electron chi connectivity index (χ4n) is 4.12. The Kier molecular flexibility index (Phi) is 5.56. The second-order valence-electron chi connectivity index (χ2n) is 7.70. The summed E-state index contributed by atoms with van der Waals surface area (Å²) in [6, 6.07) is 7.38. The van der Waals surface area contributed by atoms with Crippen molar-refractivity contribution in [1.29, 1.82) is 0 Å². The minimum atomic E-state index is -1.13.